The molecule has 0 amide bonds. The molecule has 4 heteroatoms. The molecule has 66 valence electrons. The first-order chi connectivity index (χ1) is 5.69. The van der Waals surface area contributed by atoms with E-state index >= 15 is 0 Å². The van der Waals surface area contributed by atoms with Gasteiger partial charge in [0.2, 0.25) is 0 Å². The topological polar surface area (TPSA) is 0 Å². The molecule has 0 nitrogen and oxygen atoms in total. The molecule has 0 radical (unpaired) electrons. The van der Waals surface area contributed by atoms with Crippen LogP contribution in [0, 0.1) is 3.57 Å². The van der Waals surface area contributed by atoms with E-state index in [0.29, 0.717) is 0 Å². The van der Waals surface area contributed by atoms with Crippen LogP contribution in [-0.4, -0.2) is 0 Å². The minimum Gasteiger partial charge on any atom is -0.0876 e. The summed E-state index contributed by atoms with van der Waals surface area (Å²) in [5.41, 5.74) is 2.60. The van der Waals surface area contributed by atoms with Crippen LogP contribution in [0.2, 0.25) is 0 Å². The van der Waals surface area contributed by atoms with Crippen molar-refractivity contribution in [1.82, 2.24) is 0 Å². The lowest BCUT2D eigenvalue weighted by Crippen LogP contribution is -1.89. The third-order valence-electron chi connectivity index (χ3n) is 1.48. The molecule has 0 unspecified atom stereocenters. The summed E-state index contributed by atoms with van der Waals surface area (Å²) < 4.78 is 2.48. The normalized spacial score (nSPS) is 10.3. The quantitative estimate of drug-likeness (QED) is 0.430. The van der Waals surface area contributed by atoms with E-state index in [1.807, 2.05) is 0 Å². The zero-order valence-electron chi connectivity index (χ0n) is 6.08. The van der Waals surface area contributed by atoms with Gasteiger partial charge in [-0.15, -0.1) is 0 Å². The van der Waals surface area contributed by atoms with Gasteiger partial charge in [-0.05, 0) is 45.9 Å². The molecule has 0 N–H and O–H groups in total. The predicted molar refractivity (Wildman–Crippen MR) is 72.1 cm³/mol. The second kappa shape index (κ2) is 5.32. The SMILES string of the molecule is BrCc1cc(I)cc(CBr)c1Br. The van der Waals surface area contributed by atoms with E-state index in [9.17, 15) is 0 Å². The van der Waals surface area contributed by atoms with Gasteiger partial charge in [-0.25, -0.2) is 0 Å². The molecule has 0 bridgehead atoms. The lowest BCUT2D eigenvalue weighted by molar-refractivity contribution is 1.29. The Bertz CT molecular complexity index is 261. The van der Waals surface area contributed by atoms with E-state index in [1.54, 1.807) is 0 Å². The summed E-state index contributed by atoms with van der Waals surface area (Å²) in [5.74, 6) is 0. The molecule has 0 heterocycles. The molecule has 0 spiro atoms. The van der Waals surface area contributed by atoms with Gasteiger partial charge in [0.05, 0.1) is 0 Å². The molecular weight excluding hydrogens is 463 g/mol. The molecule has 0 aliphatic heterocycles. The van der Waals surface area contributed by atoms with Crippen LogP contribution in [-0.2, 0) is 10.7 Å². The molecule has 0 saturated carbocycles. The number of alkyl halides is 2. The number of hydrogen-bond donors (Lipinski definition) is 0. The van der Waals surface area contributed by atoms with E-state index in [2.05, 4.69) is 82.5 Å². The highest BCUT2D eigenvalue weighted by Gasteiger charge is 2.05. The van der Waals surface area contributed by atoms with E-state index < -0.39 is 0 Å². The lowest BCUT2D eigenvalue weighted by Gasteiger charge is -2.06. The highest BCUT2D eigenvalue weighted by atomic mass is 127. The largest absolute Gasteiger partial charge is 0.0876 e. The van der Waals surface area contributed by atoms with Crippen molar-refractivity contribution in [2.45, 2.75) is 10.7 Å². The summed E-state index contributed by atoms with van der Waals surface area (Å²) >= 11 is 12.8. The first-order valence-corrected chi connectivity index (χ1v) is 7.39. The fourth-order valence-electron chi connectivity index (χ4n) is 0.902. The van der Waals surface area contributed by atoms with Crippen LogP contribution >= 0.6 is 70.4 Å². The van der Waals surface area contributed by atoms with E-state index in [-0.39, 0.29) is 0 Å². The Morgan fingerprint density at radius 2 is 1.50 bits per heavy atom. The fourth-order valence-corrected chi connectivity index (χ4v) is 3.80. The first kappa shape index (κ1) is 11.5. The van der Waals surface area contributed by atoms with Crippen LogP contribution in [0.4, 0.5) is 0 Å². The fraction of sp³-hybridized carbons (Fsp3) is 0.250. The summed E-state index contributed by atoms with van der Waals surface area (Å²) in [5, 5.41) is 1.79. The monoisotopic (exact) mass is 466 g/mol. The minimum absolute atomic E-state index is 0.893. The van der Waals surface area contributed by atoms with Crippen molar-refractivity contribution >= 4 is 70.4 Å². The van der Waals surface area contributed by atoms with E-state index in [1.165, 1.54) is 19.2 Å². The maximum absolute atomic E-state index is 3.57. The molecule has 12 heavy (non-hydrogen) atoms. The van der Waals surface area contributed by atoms with Crippen molar-refractivity contribution in [1.29, 1.82) is 0 Å². The van der Waals surface area contributed by atoms with Crippen LogP contribution in [0.25, 0.3) is 0 Å². The van der Waals surface area contributed by atoms with Crippen LogP contribution < -0.4 is 0 Å². The number of benzene rings is 1. The van der Waals surface area contributed by atoms with Crippen molar-refractivity contribution in [3.05, 3.63) is 31.3 Å². The maximum Gasteiger partial charge on any atom is 0.0294 e. The molecule has 0 aliphatic rings. The number of halogens is 4. The van der Waals surface area contributed by atoms with Crippen LogP contribution in [0.1, 0.15) is 11.1 Å². The van der Waals surface area contributed by atoms with Gasteiger partial charge in [0.1, 0.15) is 0 Å². The molecule has 0 aliphatic carbocycles. The molecular formula is C8H6Br3I. The van der Waals surface area contributed by atoms with E-state index in [0.717, 1.165) is 10.7 Å². The summed E-state index contributed by atoms with van der Waals surface area (Å²) in [6.07, 6.45) is 0. The molecule has 1 aromatic carbocycles. The first-order valence-electron chi connectivity index (χ1n) is 3.27. The van der Waals surface area contributed by atoms with E-state index in [4.69, 9.17) is 0 Å². The van der Waals surface area contributed by atoms with Gasteiger partial charge in [0.15, 0.2) is 0 Å². The third-order valence-corrected chi connectivity index (χ3v) is 4.33. The highest BCUT2D eigenvalue weighted by Crippen LogP contribution is 2.27. The Morgan fingerprint density at radius 3 is 1.83 bits per heavy atom. The molecule has 0 fully saturated rings. The number of hydrogen-bond acceptors (Lipinski definition) is 0. The Kier molecular flexibility index (Phi) is 5.08. The van der Waals surface area contributed by atoms with Gasteiger partial charge < -0.3 is 0 Å². The average molecular weight is 469 g/mol. The van der Waals surface area contributed by atoms with Crippen LogP contribution in [0.3, 0.4) is 0 Å². The smallest absolute Gasteiger partial charge is 0.0294 e. The maximum atomic E-state index is 3.57. The minimum atomic E-state index is 0.893. The second-order valence-corrected chi connectivity index (χ2v) is 5.47. The molecule has 0 atom stereocenters. The van der Waals surface area contributed by atoms with Gasteiger partial charge in [-0.1, -0.05) is 47.8 Å². The summed E-state index contributed by atoms with van der Waals surface area (Å²) in [4.78, 5) is 0. The average Bonchev–Trinajstić information content (AvgIpc) is 2.08. The summed E-state index contributed by atoms with van der Waals surface area (Å²) in [6, 6.07) is 4.34. The predicted octanol–water partition coefficient (Wildman–Crippen LogP) is 4.84. The standard InChI is InChI=1S/C8H6Br3I/c9-3-5-1-7(12)2-6(4-10)8(5)11/h1-2H,3-4H2. The van der Waals surface area contributed by atoms with Gasteiger partial charge in [-0.3, -0.25) is 0 Å². The Hall–Kier alpha value is 1.39. The number of rotatable bonds is 2. The second-order valence-electron chi connectivity index (χ2n) is 2.31. The highest BCUT2D eigenvalue weighted by molar-refractivity contribution is 14.1. The van der Waals surface area contributed by atoms with Crippen molar-refractivity contribution in [3.8, 4) is 0 Å². The summed E-state index contributed by atoms with van der Waals surface area (Å²) in [7, 11) is 0. The Morgan fingerprint density at radius 1 is 1.08 bits per heavy atom. The Balaban J connectivity index is 3.22. The van der Waals surface area contributed by atoms with Crippen molar-refractivity contribution in [2.75, 3.05) is 0 Å². The third kappa shape index (κ3) is 2.69. The zero-order chi connectivity index (χ0) is 9.14. The van der Waals surface area contributed by atoms with Gasteiger partial charge in [-0.2, -0.15) is 0 Å². The van der Waals surface area contributed by atoms with Gasteiger partial charge in [0.25, 0.3) is 0 Å². The molecule has 1 rings (SSSR count). The molecule has 1 aromatic rings. The van der Waals surface area contributed by atoms with Crippen LogP contribution in [0.5, 0.6) is 0 Å². The van der Waals surface area contributed by atoms with Gasteiger partial charge in [0, 0.05) is 18.7 Å². The van der Waals surface area contributed by atoms with Crippen molar-refractivity contribution in [2.24, 2.45) is 0 Å². The molecule has 0 saturated heterocycles. The van der Waals surface area contributed by atoms with Crippen LogP contribution in [0.15, 0.2) is 16.6 Å². The molecule has 0 aromatic heterocycles. The lowest BCUT2D eigenvalue weighted by atomic mass is 10.2. The van der Waals surface area contributed by atoms with Crippen molar-refractivity contribution < 1.29 is 0 Å². The Labute approximate surface area is 111 Å². The summed E-state index contributed by atoms with van der Waals surface area (Å²) in [6.45, 7) is 0. The zero-order valence-corrected chi connectivity index (χ0v) is 13.0. The van der Waals surface area contributed by atoms with Gasteiger partial charge >= 0.3 is 0 Å². The van der Waals surface area contributed by atoms with Crippen molar-refractivity contribution in [3.63, 3.8) is 0 Å².